The summed E-state index contributed by atoms with van der Waals surface area (Å²) in [5.41, 5.74) is 7.81. The van der Waals surface area contributed by atoms with Crippen LogP contribution in [0, 0.1) is 5.92 Å². The van der Waals surface area contributed by atoms with Gasteiger partial charge in [-0.05, 0) is 44.9 Å². The first-order chi connectivity index (χ1) is 5.17. The minimum Gasteiger partial charge on any atom is -0.325 e. The Hall–Kier alpha value is -0.300. The Kier molecular flexibility index (Phi) is 1.57. The molecule has 1 saturated carbocycles. The van der Waals surface area contributed by atoms with E-state index in [9.17, 15) is 0 Å². The lowest BCUT2D eigenvalue weighted by molar-refractivity contribution is 0.413. The van der Waals surface area contributed by atoms with Crippen molar-refractivity contribution in [2.45, 2.75) is 44.6 Å². The molecule has 11 heavy (non-hydrogen) atoms. The third-order valence-electron chi connectivity index (χ3n) is 2.92. The topological polar surface area (TPSA) is 26.0 Å². The molecule has 2 N–H and O–H groups in total. The van der Waals surface area contributed by atoms with Gasteiger partial charge in [0, 0.05) is 5.54 Å². The number of hydrogen-bond donors (Lipinski definition) is 1. The molecule has 0 radical (unpaired) electrons. The van der Waals surface area contributed by atoms with E-state index in [1.54, 1.807) is 5.57 Å². The summed E-state index contributed by atoms with van der Waals surface area (Å²) in [5, 5.41) is 0. The minimum absolute atomic E-state index is 0.0956. The smallest absolute Gasteiger partial charge is 0.0163 e. The van der Waals surface area contributed by atoms with Gasteiger partial charge in [-0.3, -0.25) is 0 Å². The molecule has 2 aliphatic rings. The zero-order chi connectivity index (χ0) is 7.90. The molecule has 1 heteroatoms. The molecule has 0 saturated heterocycles. The third-order valence-corrected chi connectivity index (χ3v) is 2.92. The highest BCUT2D eigenvalue weighted by Crippen LogP contribution is 2.41. The Morgan fingerprint density at radius 1 is 1.55 bits per heavy atom. The zero-order valence-corrected chi connectivity index (χ0v) is 7.27. The highest BCUT2D eigenvalue weighted by atomic mass is 14.7. The van der Waals surface area contributed by atoms with Crippen LogP contribution >= 0.6 is 0 Å². The van der Waals surface area contributed by atoms with E-state index in [4.69, 9.17) is 5.73 Å². The Bertz CT molecular complexity index is 187. The Labute approximate surface area is 68.7 Å². The molecular weight excluding hydrogens is 134 g/mol. The molecule has 0 heterocycles. The molecule has 0 bridgehead atoms. The maximum absolute atomic E-state index is 6.02. The molecule has 1 fully saturated rings. The summed E-state index contributed by atoms with van der Waals surface area (Å²) in [6.45, 7) is 2.16. The van der Waals surface area contributed by atoms with Gasteiger partial charge in [0.15, 0.2) is 0 Å². The van der Waals surface area contributed by atoms with E-state index >= 15 is 0 Å². The molecule has 62 valence electrons. The number of hydrogen-bond acceptors (Lipinski definition) is 1. The van der Waals surface area contributed by atoms with Gasteiger partial charge in [0.05, 0.1) is 0 Å². The zero-order valence-electron chi connectivity index (χ0n) is 7.27. The fraction of sp³-hybridized carbons (Fsp3) is 0.800. The first-order valence-corrected chi connectivity index (χ1v) is 4.65. The second-order valence-electron chi connectivity index (χ2n) is 4.41. The maximum atomic E-state index is 6.02. The molecular formula is C10H17N. The van der Waals surface area contributed by atoms with E-state index in [0.717, 1.165) is 12.3 Å². The van der Waals surface area contributed by atoms with Crippen LogP contribution < -0.4 is 5.73 Å². The van der Waals surface area contributed by atoms with E-state index in [-0.39, 0.29) is 5.54 Å². The molecule has 1 atom stereocenters. The molecule has 1 unspecified atom stereocenters. The maximum Gasteiger partial charge on any atom is 0.0163 e. The van der Waals surface area contributed by atoms with Gasteiger partial charge in [-0.25, -0.2) is 0 Å². The normalized spacial score (nSPS) is 38.5. The summed E-state index contributed by atoms with van der Waals surface area (Å²) in [7, 11) is 0. The average Bonchev–Trinajstić information content (AvgIpc) is 2.70. The van der Waals surface area contributed by atoms with Crippen molar-refractivity contribution in [1.82, 2.24) is 0 Å². The lowest BCUT2D eigenvalue weighted by Crippen LogP contribution is -2.37. The predicted octanol–water partition coefficient (Wildman–Crippen LogP) is 2.22. The SMILES string of the molecule is CC1(N)CC=C(C2CC2)CC1. The van der Waals surface area contributed by atoms with Crippen molar-refractivity contribution in [3.8, 4) is 0 Å². The van der Waals surface area contributed by atoms with Crippen LogP contribution in [0.25, 0.3) is 0 Å². The summed E-state index contributed by atoms with van der Waals surface area (Å²) < 4.78 is 0. The monoisotopic (exact) mass is 151 g/mol. The fourth-order valence-electron chi connectivity index (χ4n) is 1.82. The second kappa shape index (κ2) is 2.34. The van der Waals surface area contributed by atoms with Crippen LogP contribution in [-0.4, -0.2) is 5.54 Å². The van der Waals surface area contributed by atoms with Gasteiger partial charge in [-0.15, -0.1) is 0 Å². The molecule has 0 aromatic rings. The van der Waals surface area contributed by atoms with Crippen LogP contribution in [-0.2, 0) is 0 Å². The van der Waals surface area contributed by atoms with Crippen molar-refractivity contribution in [2.75, 3.05) is 0 Å². The molecule has 0 aromatic carbocycles. The number of nitrogens with two attached hydrogens (primary N) is 1. The van der Waals surface area contributed by atoms with E-state index in [1.165, 1.54) is 25.7 Å². The third kappa shape index (κ3) is 1.64. The van der Waals surface area contributed by atoms with Crippen molar-refractivity contribution in [1.29, 1.82) is 0 Å². The van der Waals surface area contributed by atoms with Crippen molar-refractivity contribution >= 4 is 0 Å². The average molecular weight is 151 g/mol. The molecule has 0 amide bonds. The minimum atomic E-state index is 0.0956. The summed E-state index contributed by atoms with van der Waals surface area (Å²) in [6.07, 6.45) is 8.81. The van der Waals surface area contributed by atoms with Gasteiger partial charge in [0.1, 0.15) is 0 Å². The molecule has 0 aliphatic heterocycles. The van der Waals surface area contributed by atoms with Gasteiger partial charge < -0.3 is 5.73 Å². The van der Waals surface area contributed by atoms with E-state index < -0.39 is 0 Å². The van der Waals surface area contributed by atoms with Crippen LogP contribution in [0.4, 0.5) is 0 Å². The Morgan fingerprint density at radius 3 is 2.73 bits per heavy atom. The summed E-state index contributed by atoms with van der Waals surface area (Å²) in [5.74, 6) is 0.964. The van der Waals surface area contributed by atoms with Crippen molar-refractivity contribution in [3.63, 3.8) is 0 Å². The second-order valence-corrected chi connectivity index (χ2v) is 4.41. The molecule has 2 rings (SSSR count). The van der Waals surface area contributed by atoms with Gasteiger partial charge in [-0.1, -0.05) is 11.6 Å². The highest BCUT2D eigenvalue weighted by molar-refractivity contribution is 5.17. The standard InChI is InChI=1S/C10H17N/c1-10(11)6-4-9(5-7-10)8-2-3-8/h4,8H,2-3,5-7,11H2,1H3. The summed E-state index contributed by atoms with van der Waals surface area (Å²) >= 11 is 0. The molecule has 0 aromatic heterocycles. The van der Waals surface area contributed by atoms with Crippen LogP contribution in [0.15, 0.2) is 11.6 Å². The van der Waals surface area contributed by atoms with Gasteiger partial charge in [0.25, 0.3) is 0 Å². The quantitative estimate of drug-likeness (QED) is 0.571. The summed E-state index contributed by atoms with van der Waals surface area (Å²) in [4.78, 5) is 0. The lowest BCUT2D eigenvalue weighted by Gasteiger charge is -2.28. The van der Waals surface area contributed by atoms with E-state index in [2.05, 4.69) is 13.0 Å². The Morgan fingerprint density at radius 2 is 2.27 bits per heavy atom. The molecule has 0 spiro atoms. The van der Waals surface area contributed by atoms with Crippen LogP contribution in [0.5, 0.6) is 0 Å². The largest absolute Gasteiger partial charge is 0.325 e. The van der Waals surface area contributed by atoms with Crippen molar-refractivity contribution in [3.05, 3.63) is 11.6 Å². The van der Waals surface area contributed by atoms with Crippen LogP contribution in [0.3, 0.4) is 0 Å². The predicted molar refractivity (Wildman–Crippen MR) is 47.3 cm³/mol. The highest BCUT2D eigenvalue weighted by Gasteiger charge is 2.30. The first-order valence-electron chi connectivity index (χ1n) is 4.65. The van der Waals surface area contributed by atoms with Gasteiger partial charge >= 0.3 is 0 Å². The lowest BCUT2D eigenvalue weighted by atomic mass is 9.83. The first kappa shape index (κ1) is 7.35. The number of rotatable bonds is 1. The van der Waals surface area contributed by atoms with Crippen LogP contribution in [0.2, 0.25) is 0 Å². The molecule has 1 nitrogen and oxygen atoms in total. The van der Waals surface area contributed by atoms with E-state index in [1.807, 2.05) is 0 Å². The van der Waals surface area contributed by atoms with E-state index in [0.29, 0.717) is 0 Å². The van der Waals surface area contributed by atoms with Crippen LogP contribution in [0.1, 0.15) is 39.0 Å². The van der Waals surface area contributed by atoms with Gasteiger partial charge in [-0.2, -0.15) is 0 Å². The summed E-state index contributed by atoms with van der Waals surface area (Å²) in [6, 6.07) is 0. The van der Waals surface area contributed by atoms with Crippen molar-refractivity contribution < 1.29 is 0 Å². The van der Waals surface area contributed by atoms with Gasteiger partial charge in [0.2, 0.25) is 0 Å². The van der Waals surface area contributed by atoms with Crippen molar-refractivity contribution in [2.24, 2.45) is 11.7 Å². The molecule has 2 aliphatic carbocycles. The fourth-order valence-corrected chi connectivity index (χ4v) is 1.82. The Balaban J connectivity index is 2.00. The number of allylic oxidation sites excluding steroid dienone is 1.